The van der Waals surface area contributed by atoms with Crippen LogP contribution in [-0.2, 0) is 4.74 Å². The van der Waals surface area contributed by atoms with Crippen LogP contribution in [0.3, 0.4) is 0 Å². The van der Waals surface area contributed by atoms with Crippen molar-refractivity contribution in [3.8, 4) is 0 Å². The molecule has 14 heavy (non-hydrogen) atoms. The van der Waals surface area contributed by atoms with Gasteiger partial charge in [0.2, 0.25) is 0 Å². The third-order valence-electron chi connectivity index (χ3n) is 2.14. The van der Waals surface area contributed by atoms with Gasteiger partial charge in [0.15, 0.2) is 0 Å². The molecule has 1 rings (SSSR count). The molecule has 0 aliphatic rings. The molecule has 0 radical (unpaired) electrons. The largest absolute Gasteiger partial charge is 0.465 e. The standard InChI is InChI=1S/C10H12BrNO2/c1-5-4-7(10(13)14-3)9(12)6(2)8(5)11/h4H,12H2,1-3H3. The van der Waals surface area contributed by atoms with Gasteiger partial charge in [0.05, 0.1) is 18.4 Å². The number of carbonyl (C=O) groups is 1. The quantitative estimate of drug-likeness (QED) is 0.621. The van der Waals surface area contributed by atoms with Gasteiger partial charge in [-0.05, 0) is 31.0 Å². The summed E-state index contributed by atoms with van der Waals surface area (Å²) in [7, 11) is 1.34. The molecule has 0 amide bonds. The number of nitrogen functional groups attached to an aromatic ring is 1. The molecule has 1 aromatic rings. The van der Waals surface area contributed by atoms with Crippen molar-refractivity contribution in [2.24, 2.45) is 0 Å². The lowest BCUT2D eigenvalue weighted by Crippen LogP contribution is -2.08. The molecule has 0 saturated carbocycles. The Bertz CT molecular complexity index is 388. The van der Waals surface area contributed by atoms with Gasteiger partial charge >= 0.3 is 5.97 Å². The molecular weight excluding hydrogens is 246 g/mol. The number of hydrogen-bond donors (Lipinski definition) is 1. The summed E-state index contributed by atoms with van der Waals surface area (Å²) in [6.45, 7) is 3.77. The zero-order chi connectivity index (χ0) is 10.9. The molecule has 4 heteroatoms. The van der Waals surface area contributed by atoms with Crippen LogP contribution in [0.15, 0.2) is 10.5 Å². The number of hydrogen-bond acceptors (Lipinski definition) is 3. The number of methoxy groups -OCH3 is 1. The van der Waals surface area contributed by atoms with Gasteiger partial charge in [-0.25, -0.2) is 4.79 Å². The maximum Gasteiger partial charge on any atom is 0.339 e. The zero-order valence-electron chi connectivity index (χ0n) is 8.35. The predicted molar refractivity (Wildman–Crippen MR) is 59.4 cm³/mol. The minimum atomic E-state index is -0.402. The van der Waals surface area contributed by atoms with Crippen molar-refractivity contribution in [1.82, 2.24) is 0 Å². The Balaban J connectivity index is 3.40. The lowest BCUT2D eigenvalue weighted by Gasteiger charge is -2.10. The second-order valence-electron chi connectivity index (χ2n) is 3.09. The van der Waals surface area contributed by atoms with E-state index in [1.807, 2.05) is 13.8 Å². The summed E-state index contributed by atoms with van der Waals surface area (Å²) in [6, 6.07) is 1.72. The number of aryl methyl sites for hydroxylation is 1. The molecule has 1 aromatic carbocycles. The fraction of sp³-hybridized carbons (Fsp3) is 0.300. The molecule has 0 bridgehead atoms. The second kappa shape index (κ2) is 4.00. The van der Waals surface area contributed by atoms with Crippen molar-refractivity contribution in [3.63, 3.8) is 0 Å². The van der Waals surface area contributed by atoms with E-state index in [0.717, 1.165) is 15.6 Å². The van der Waals surface area contributed by atoms with E-state index in [2.05, 4.69) is 20.7 Å². The number of ether oxygens (including phenoxy) is 1. The Morgan fingerprint density at radius 1 is 1.50 bits per heavy atom. The minimum absolute atomic E-state index is 0.402. The average molecular weight is 258 g/mol. The molecule has 2 N–H and O–H groups in total. The fourth-order valence-corrected chi connectivity index (χ4v) is 1.58. The van der Waals surface area contributed by atoms with Gasteiger partial charge in [-0.2, -0.15) is 0 Å². The normalized spacial score (nSPS) is 10.0. The van der Waals surface area contributed by atoms with Crippen molar-refractivity contribution in [2.45, 2.75) is 13.8 Å². The highest BCUT2D eigenvalue weighted by Gasteiger charge is 2.15. The number of carbonyl (C=O) groups excluding carboxylic acids is 1. The van der Waals surface area contributed by atoms with E-state index in [1.165, 1.54) is 7.11 Å². The summed E-state index contributed by atoms with van der Waals surface area (Å²) >= 11 is 3.40. The average Bonchev–Trinajstić information content (AvgIpc) is 2.19. The summed E-state index contributed by atoms with van der Waals surface area (Å²) in [4.78, 5) is 11.3. The Morgan fingerprint density at radius 2 is 2.07 bits per heavy atom. The zero-order valence-corrected chi connectivity index (χ0v) is 9.94. The van der Waals surface area contributed by atoms with Gasteiger partial charge in [-0.1, -0.05) is 15.9 Å². The van der Waals surface area contributed by atoms with E-state index in [-0.39, 0.29) is 0 Å². The number of nitrogens with two attached hydrogens (primary N) is 1. The molecule has 76 valence electrons. The first-order chi connectivity index (χ1) is 6.49. The van der Waals surface area contributed by atoms with Gasteiger partial charge in [0.25, 0.3) is 0 Å². The molecule has 0 fully saturated rings. The van der Waals surface area contributed by atoms with Gasteiger partial charge < -0.3 is 10.5 Å². The Labute approximate surface area is 91.4 Å². The molecule has 0 aliphatic heterocycles. The maximum absolute atomic E-state index is 11.3. The van der Waals surface area contributed by atoms with Crippen molar-refractivity contribution in [2.75, 3.05) is 12.8 Å². The summed E-state index contributed by atoms with van der Waals surface area (Å²) in [6.07, 6.45) is 0. The fourth-order valence-electron chi connectivity index (χ4n) is 1.25. The lowest BCUT2D eigenvalue weighted by molar-refractivity contribution is 0.0601. The minimum Gasteiger partial charge on any atom is -0.465 e. The van der Waals surface area contributed by atoms with Crippen LogP contribution in [0, 0.1) is 13.8 Å². The first-order valence-electron chi connectivity index (χ1n) is 4.12. The van der Waals surface area contributed by atoms with Crippen LogP contribution in [0.2, 0.25) is 0 Å². The number of benzene rings is 1. The predicted octanol–water partition coefficient (Wildman–Crippen LogP) is 2.43. The van der Waals surface area contributed by atoms with Crippen LogP contribution in [-0.4, -0.2) is 13.1 Å². The maximum atomic E-state index is 11.3. The third kappa shape index (κ3) is 1.75. The first-order valence-corrected chi connectivity index (χ1v) is 4.91. The summed E-state index contributed by atoms with van der Waals surface area (Å²) in [5.74, 6) is -0.402. The van der Waals surface area contributed by atoms with E-state index in [0.29, 0.717) is 11.3 Å². The van der Waals surface area contributed by atoms with E-state index < -0.39 is 5.97 Å². The topological polar surface area (TPSA) is 52.3 Å². The van der Waals surface area contributed by atoms with Crippen LogP contribution in [0.4, 0.5) is 5.69 Å². The SMILES string of the molecule is COC(=O)c1cc(C)c(Br)c(C)c1N. The van der Waals surface area contributed by atoms with E-state index in [9.17, 15) is 4.79 Å². The molecule has 0 spiro atoms. The van der Waals surface area contributed by atoms with Crippen LogP contribution in [0.1, 0.15) is 21.5 Å². The number of rotatable bonds is 1. The number of esters is 1. The Kier molecular flexibility index (Phi) is 3.16. The van der Waals surface area contributed by atoms with Crippen molar-refractivity contribution in [3.05, 3.63) is 27.2 Å². The van der Waals surface area contributed by atoms with Crippen molar-refractivity contribution in [1.29, 1.82) is 0 Å². The second-order valence-corrected chi connectivity index (χ2v) is 3.88. The van der Waals surface area contributed by atoms with Crippen molar-refractivity contribution >= 4 is 27.6 Å². The Morgan fingerprint density at radius 3 is 2.57 bits per heavy atom. The molecule has 0 aromatic heterocycles. The highest BCUT2D eigenvalue weighted by molar-refractivity contribution is 9.10. The number of halogens is 1. The first kappa shape index (κ1) is 11.0. The smallest absolute Gasteiger partial charge is 0.339 e. The van der Waals surface area contributed by atoms with Gasteiger partial charge in [-0.3, -0.25) is 0 Å². The summed E-state index contributed by atoms with van der Waals surface area (Å²) in [5.41, 5.74) is 8.52. The van der Waals surface area contributed by atoms with Crippen LogP contribution in [0.5, 0.6) is 0 Å². The lowest BCUT2D eigenvalue weighted by atomic mass is 10.0. The highest BCUT2D eigenvalue weighted by atomic mass is 79.9. The molecule has 0 saturated heterocycles. The summed E-state index contributed by atoms with van der Waals surface area (Å²) < 4.78 is 5.57. The van der Waals surface area contributed by atoms with Crippen molar-refractivity contribution < 1.29 is 9.53 Å². The molecule has 0 aliphatic carbocycles. The van der Waals surface area contributed by atoms with Gasteiger partial charge in [0, 0.05) is 4.47 Å². The molecule has 0 heterocycles. The van der Waals surface area contributed by atoms with Crippen LogP contribution in [0.25, 0.3) is 0 Å². The van der Waals surface area contributed by atoms with E-state index in [4.69, 9.17) is 5.73 Å². The third-order valence-corrected chi connectivity index (χ3v) is 3.36. The van der Waals surface area contributed by atoms with Crippen LogP contribution >= 0.6 is 15.9 Å². The summed E-state index contributed by atoms with van der Waals surface area (Å²) in [5, 5.41) is 0. The Hall–Kier alpha value is -1.03. The van der Waals surface area contributed by atoms with E-state index in [1.54, 1.807) is 6.07 Å². The van der Waals surface area contributed by atoms with Gasteiger partial charge in [-0.15, -0.1) is 0 Å². The molecule has 3 nitrogen and oxygen atoms in total. The number of anilines is 1. The molecule has 0 atom stereocenters. The van der Waals surface area contributed by atoms with Gasteiger partial charge in [0.1, 0.15) is 0 Å². The molecule has 0 unspecified atom stereocenters. The molecular formula is C10H12BrNO2. The highest BCUT2D eigenvalue weighted by Crippen LogP contribution is 2.29. The van der Waals surface area contributed by atoms with Crippen LogP contribution < -0.4 is 5.73 Å². The van der Waals surface area contributed by atoms with E-state index >= 15 is 0 Å². The monoisotopic (exact) mass is 257 g/mol.